The molecular formula is C7H4N6O2. The third-order valence-electron chi connectivity index (χ3n) is 1.72. The fourth-order valence-electron chi connectivity index (χ4n) is 1.14. The normalized spacial score (nSPS) is 13.8. The molecule has 1 aromatic heterocycles. The van der Waals surface area contributed by atoms with Gasteiger partial charge in [-0.2, -0.15) is 5.26 Å². The van der Waals surface area contributed by atoms with Crippen molar-refractivity contribution >= 4 is 17.8 Å². The molecule has 2 heterocycles. The Morgan fingerprint density at radius 3 is 2.93 bits per heavy atom. The first-order valence-electron chi connectivity index (χ1n) is 3.93. The summed E-state index contributed by atoms with van der Waals surface area (Å²) in [6, 6.07) is 0. The summed E-state index contributed by atoms with van der Waals surface area (Å²) < 4.78 is 0. The van der Waals surface area contributed by atoms with Crippen molar-refractivity contribution in [2.75, 3.05) is 5.32 Å². The predicted octanol–water partition coefficient (Wildman–Crippen LogP) is -1.42. The van der Waals surface area contributed by atoms with Crippen LogP contribution in [0, 0.1) is 11.5 Å². The van der Waals surface area contributed by atoms with Crippen LogP contribution in [0.25, 0.3) is 0 Å². The largest absolute Gasteiger partial charge is 0.291 e. The molecule has 0 bridgehead atoms. The molecule has 0 aromatic carbocycles. The van der Waals surface area contributed by atoms with Crippen molar-refractivity contribution < 1.29 is 9.59 Å². The number of anilines is 1. The van der Waals surface area contributed by atoms with E-state index in [0.717, 1.165) is 0 Å². The van der Waals surface area contributed by atoms with Crippen LogP contribution >= 0.6 is 0 Å². The van der Waals surface area contributed by atoms with Gasteiger partial charge in [0, 0.05) is 0 Å². The van der Waals surface area contributed by atoms with Gasteiger partial charge in [-0.05, 0) is 0 Å². The number of carbonyl (C=O) groups excluding carboxylic acids is 2. The highest BCUT2D eigenvalue weighted by molar-refractivity contribution is 6.08. The molecule has 2 amide bonds. The molecule has 0 aliphatic carbocycles. The van der Waals surface area contributed by atoms with Gasteiger partial charge in [-0.25, -0.2) is 4.98 Å². The molecular weight excluding hydrogens is 200 g/mol. The van der Waals surface area contributed by atoms with E-state index < -0.39 is 11.8 Å². The lowest BCUT2D eigenvalue weighted by atomic mass is 10.1. The Balaban J connectivity index is 2.44. The van der Waals surface area contributed by atoms with Crippen LogP contribution in [-0.4, -0.2) is 27.0 Å². The number of aromatic nitrogens is 3. The average molecular weight is 204 g/mol. The molecule has 0 saturated carbocycles. The number of rotatable bonds is 1. The zero-order valence-corrected chi connectivity index (χ0v) is 7.31. The van der Waals surface area contributed by atoms with Gasteiger partial charge in [0.25, 0.3) is 11.9 Å². The minimum absolute atomic E-state index is 0.0121. The van der Waals surface area contributed by atoms with Crippen LogP contribution in [0.5, 0.6) is 0 Å². The fourth-order valence-corrected chi connectivity index (χ4v) is 1.14. The predicted molar refractivity (Wildman–Crippen MR) is 45.2 cm³/mol. The molecule has 15 heavy (non-hydrogen) atoms. The second-order valence-electron chi connectivity index (χ2n) is 2.72. The maximum Gasteiger partial charge on any atom is 0.280 e. The summed E-state index contributed by atoms with van der Waals surface area (Å²) in [7, 11) is 0. The van der Waals surface area contributed by atoms with E-state index in [9.17, 15) is 9.59 Å². The van der Waals surface area contributed by atoms with Crippen molar-refractivity contribution in [1.29, 1.82) is 5.26 Å². The molecule has 1 aliphatic heterocycles. The lowest BCUT2D eigenvalue weighted by molar-refractivity contribution is -0.119. The average Bonchev–Trinajstić information content (AvgIpc) is 2.17. The number of imide groups is 1. The van der Waals surface area contributed by atoms with Crippen LogP contribution < -0.4 is 10.6 Å². The third kappa shape index (κ3) is 1.58. The monoisotopic (exact) mass is 204 g/mol. The molecule has 2 rings (SSSR count). The van der Waals surface area contributed by atoms with Crippen LogP contribution in [0.15, 0.2) is 0 Å². The van der Waals surface area contributed by atoms with E-state index >= 15 is 0 Å². The Bertz CT molecular complexity index is 491. The number of nitrogens with one attached hydrogen (secondary N) is 2. The van der Waals surface area contributed by atoms with Crippen molar-refractivity contribution in [2.45, 2.75) is 6.42 Å². The molecule has 8 nitrogen and oxygen atoms in total. The van der Waals surface area contributed by atoms with Crippen molar-refractivity contribution in [3.05, 3.63) is 11.4 Å². The Kier molecular flexibility index (Phi) is 1.98. The van der Waals surface area contributed by atoms with Crippen LogP contribution in [0.3, 0.4) is 0 Å². The van der Waals surface area contributed by atoms with Crippen molar-refractivity contribution in [3.8, 4) is 6.19 Å². The molecule has 1 aliphatic rings. The Hall–Kier alpha value is -2.56. The topological polar surface area (TPSA) is 121 Å². The van der Waals surface area contributed by atoms with Crippen LogP contribution in [0.4, 0.5) is 5.95 Å². The summed E-state index contributed by atoms with van der Waals surface area (Å²) in [6.07, 6.45) is 1.57. The van der Waals surface area contributed by atoms with Gasteiger partial charge in [0.1, 0.15) is 0 Å². The molecule has 0 unspecified atom stereocenters. The molecule has 0 spiro atoms. The summed E-state index contributed by atoms with van der Waals surface area (Å²) in [5.74, 6) is -1.10. The van der Waals surface area contributed by atoms with E-state index in [2.05, 4.69) is 25.8 Å². The third-order valence-corrected chi connectivity index (χ3v) is 1.72. The second-order valence-corrected chi connectivity index (χ2v) is 2.72. The smallest absolute Gasteiger partial charge is 0.280 e. The number of amides is 2. The Morgan fingerprint density at radius 2 is 2.20 bits per heavy atom. The number of hydrogen-bond donors (Lipinski definition) is 2. The number of nitrogens with zero attached hydrogens (tertiary/aromatic N) is 4. The number of nitriles is 1. The maximum atomic E-state index is 11.2. The van der Waals surface area contributed by atoms with Crippen LogP contribution in [0.1, 0.15) is 16.2 Å². The summed E-state index contributed by atoms with van der Waals surface area (Å²) in [6.45, 7) is 0. The Labute approximate surface area is 83.3 Å². The lowest BCUT2D eigenvalue weighted by Gasteiger charge is -2.12. The van der Waals surface area contributed by atoms with E-state index in [1.54, 1.807) is 6.19 Å². The minimum Gasteiger partial charge on any atom is -0.291 e. The molecule has 0 fully saturated rings. The standard InChI is InChI=1S/C7H4N6O2/c8-2-9-7-10-3-1-4(14)11-6(15)5(3)12-13-7/h1H2,(H,9,10,13)(H,11,14,15). The van der Waals surface area contributed by atoms with Gasteiger partial charge in [0.05, 0.1) is 12.1 Å². The molecule has 1 aromatic rings. The fraction of sp³-hybridized carbons (Fsp3) is 0.143. The van der Waals surface area contributed by atoms with E-state index in [0.29, 0.717) is 0 Å². The summed E-state index contributed by atoms with van der Waals surface area (Å²) >= 11 is 0. The highest BCUT2D eigenvalue weighted by Gasteiger charge is 2.25. The highest BCUT2D eigenvalue weighted by Crippen LogP contribution is 2.09. The Morgan fingerprint density at radius 1 is 1.40 bits per heavy atom. The van der Waals surface area contributed by atoms with Gasteiger partial charge in [-0.15, -0.1) is 10.2 Å². The van der Waals surface area contributed by atoms with Crippen molar-refractivity contribution in [3.63, 3.8) is 0 Å². The summed E-state index contributed by atoms with van der Waals surface area (Å²) in [5, 5.41) is 19.6. The second kappa shape index (κ2) is 3.30. The first-order valence-corrected chi connectivity index (χ1v) is 3.93. The SMILES string of the molecule is N#CNc1nnc2c(n1)CC(=O)NC2=O. The maximum absolute atomic E-state index is 11.2. The van der Waals surface area contributed by atoms with Gasteiger partial charge in [-0.3, -0.25) is 20.2 Å². The number of carbonyl (C=O) groups is 2. The number of hydrogen-bond acceptors (Lipinski definition) is 7. The minimum atomic E-state index is -0.621. The van der Waals surface area contributed by atoms with Gasteiger partial charge in [0.15, 0.2) is 11.9 Å². The highest BCUT2D eigenvalue weighted by atomic mass is 16.2. The van der Waals surface area contributed by atoms with Gasteiger partial charge < -0.3 is 0 Å². The molecule has 2 N–H and O–H groups in total. The summed E-state index contributed by atoms with van der Waals surface area (Å²) in [4.78, 5) is 26.0. The number of fused-ring (bicyclic) bond motifs is 1. The molecule has 0 saturated heterocycles. The van der Waals surface area contributed by atoms with Gasteiger partial charge >= 0.3 is 0 Å². The van der Waals surface area contributed by atoms with E-state index in [1.165, 1.54) is 0 Å². The molecule has 74 valence electrons. The van der Waals surface area contributed by atoms with Crippen LogP contribution in [0.2, 0.25) is 0 Å². The summed E-state index contributed by atoms with van der Waals surface area (Å²) in [5.41, 5.74) is 0.231. The molecule has 0 atom stereocenters. The quantitative estimate of drug-likeness (QED) is 0.327. The zero-order valence-electron chi connectivity index (χ0n) is 7.31. The van der Waals surface area contributed by atoms with Gasteiger partial charge in [0.2, 0.25) is 5.91 Å². The van der Waals surface area contributed by atoms with E-state index in [-0.39, 0.29) is 23.8 Å². The first-order chi connectivity index (χ1) is 7.20. The van der Waals surface area contributed by atoms with Crippen LogP contribution in [-0.2, 0) is 11.2 Å². The molecule has 0 radical (unpaired) electrons. The van der Waals surface area contributed by atoms with Crippen molar-refractivity contribution in [1.82, 2.24) is 20.5 Å². The van der Waals surface area contributed by atoms with Crippen molar-refractivity contribution in [2.24, 2.45) is 0 Å². The zero-order chi connectivity index (χ0) is 10.8. The molecule has 8 heteroatoms. The van der Waals surface area contributed by atoms with E-state index in [1.807, 2.05) is 0 Å². The van der Waals surface area contributed by atoms with E-state index in [4.69, 9.17) is 5.26 Å². The lowest BCUT2D eigenvalue weighted by Crippen LogP contribution is -2.38. The van der Waals surface area contributed by atoms with Gasteiger partial charge in [-0.1, -0.05) is 0 Å². The first kappa shape index (κ1) is 9.01.